The third-order valence-electron chi connectivity index (χ3n) is 12.0. The van der Waals surface area contributed by atoms with Crippen LogP contribution >= 0.6 is 0 Å². The van der Waals surface area contributed by atoms with Crippen molar-refractivity contribution in [3.8, 4) is 5.75 Å². The molecular weight excluding hydrogens is 676 g/mol. The van der Waals surface area contributed by atoms with Gasteiger partial charge in [-0.25, -0.2) is 4.79 Å². The van der Waals surface area contributed by atoms with E-state index in [4.69, 9.17) is 4.74 Å². The minimum Gasteiger partial charge on any atom is -0.495 e. The van der Waals surface area contributed by atoms with Crippen molar-refractivity contribution in [2.24, 2.45) is 5.92 Å². The Morgan fingerprint density at radius 2 is 1.74 bits per heavy atom. The van der Waals surface area contributed by atoms with E-state index in [2.05, 4.69) is 43.3 Å². The van der Waals surface area contributed by atoms with Crippen molar-refractivity contribution in [3.05, 3.63) is 35.3 Å². The van der Waals surface area contributed by atoms with E-state index >= 15 is 0 Å². The van der Waals surface area contributed by atoms with Crippen molar-refractivity contribution in [1.82, 2.24) is 36.0 Å². The molecule has 14 heteroatoms. The van der Waals surface area contributed by atoms with E-state index in [1.54, 1.807) is 18.1 Å². The number of ether oxygens (including phenoxy) is 1. The molecule has 0 spiro atoms. The zero-order chi connectivity index (χ0) is 37.5. The van der Waals surface area contributed by atoms with E-state index in [9.17, 15) is 24.3 Å². The molecule has 5 aliphatic rings. The van der Waals surface area contributed by atoms with Gasteiger partial charge in [-0.2, -0.15) is 0 Å². The van der Waals surface area contributed by atoms with E-state index in [-0.39, 0.29) is 42.0 Å². The minimum absolute atomic E-state index is 0.0216. The molecule has 3 fully saturated rings. The number of carboxylic acid groups (broad SMARTS) is 1. The lowest BCUT2D eigenvalue weighted by atomic mass is 9.84. The van der Waals surface area contributed by atoms with E-state index in [0.29, 0.717) is 36.7 Å². The molecule has 0 bridgehead atoms. The van der Waals surface area contributed by atoms with Crippen LogP contribution in [0.3, 0.4) is 0 Å². The molecule has 6 rings (SSSR count). The van der Waals surface area contributed by atoms with E-state index in [0.717, 1.165) is 101 Å². The highest BCUT2D eigenvalue weighted by molar-refractivity contribution is 5.95. The Kier molecular flexibility index (Phi) is 13.0. The summed E-state index contributed by atoms with van der Waals surface area (Å²) < 4.78 is 5.74. The number of benzene rings is 1. The largest absolute Gasteiger partial charge is 0.495 e. The highest BCUT2D eigenvalue weighted by Crippen LogP contribution is 2.35. The number of carbonyl (C=O) groups excluding carboxylic acids is 3. The Bertz CT molecular complexity index is 1500. The summed E-state index contributed by atoms with van der Waals surface area (Å²) in [6.07, 6.45) is 12.5. The molecule has 1 saturated heterocycles. The van der Waals surface area contributed by atoms with Gasteiger partial charge in [0.1, 0.15) is 23.7 Å². The van der Waals surface area contributed by atoms with E-state index in [1.807, 2.05) is 19.2 Å². The first kappa shape index (κ1) is 38.7. The maximum atomic E-state index is 13.3. The van der Waals surface area contributed by atoms with Gasteiger partial charge < -0.3 is 45.8 Å². The molecular formula is C39H60N8O6. The fraction of sp³-hybridized carbons (Fsp3) is 0.692. The summed E-state index contributed by atoms with van der Waals surface area (Å²) in [7, 11) is 3.46. The summed E-state index contributed by atoms with van der Waals surface area (Å²) in [5.41, 5.74) is 2.22. The van der Waals surface area contributed by atoms with Gasteiger partial charge in [-0.15, -0.1) is 0 Å². The average molecular weight is 737 g/mol. The van der Waals surface area contributed by atoms with Crippen LogP contribution in [0.15, 0.2) is 29.7 Å². The van der Waals surface area contributed by atoms with Crippen molar-refractivity contribution in [2.45, 2.75) is 127 Å². The minimum atomic E-state index is -0.935. The number of likely N-dealkylation sites (N-methyl/N-ethyl adjacent to an activating group) is 1. The van der Waals surface area contributed by atoms with Gasteiger partial charge in [0, 0.05) is 50.7 Å². The number of nitrogens with zero attached hydrogens (tertiary/aromatic N) is 3. The van der Waals surface area contributed by atoms with Crippen molar-refractivity contribution in [3.63, 3.8) is 0 Å². The van der Waals surface area contributed by atoms with Crippen LogP contribution in [0.25, 0.3) is 0 Å². The molecule has 1 aromatic carbocycles. The number of anilines is 1. The standard InChI is InChI=1S/C39H60N8O6/c1-4-30-37(50)45(2)31-24-40-39(44-35(31)47(30)28-13-8-9-14-28)42-29-17-16-26(23-32(29)53-3)36(49)41-27-18-21-46(22-19-27)20-10-15-33(48)43-34(38(51)52)25-11-6-5-7-12-25/h16-17,23,25,27-28,30,34,39-40,42,44H,4-15,18-22,24H2,1-3H3,(H,41,49)(H,43,48)(H,51,52)/t30-,34-,39?/m1/s1. The van der Waals surface area contributed by atoms with Crippen molar-refractivity contribution in [2.75, 3.05) is 45.7 Å². The molecule has 2 aliphatic carbocycles. The number of rotatable bonds is 14. The number of hydrogen-bond donors (Lipinski definition) is 6. The molecule has 3 amide bonds. The number of piperidine rings is 1. The molecule has 3 heterocycles. The molecule has 2 saturated carbocycles. The monoisotopic (exact) mass is 736 g/mol. The number of methoxy groups -OCH3 is 1. The van der Waals surface area contributed by atoms with Crippen molar-refractivity contribution < 1.29 is 29.0 Å². The van der Waals surface area contributed by atoms with Crippen LogP contribution in [0.1, 0.15) is 107 Å². The van der Waals surface area contributed by atoms with Crippen LogP contribution < -0.4 is 31.3 Å². The third-order valence-corrected chi connectivity index (χ3v) is 12.0. The number of nitrogens with one attached hydrogen (secondary N) is 5. The fourth-order valence-electron chi connectivity index (χ4n) is 9.00. The molecule has 3 aliphatic heterocycles. The zero-order valence-corrected chi connectivity index (χ0v) is 31.8. The molecule has 292 valence electrons. The first-order valence-corrected chi connectivity index (χ1v) is 20.0. The van der Waals surface area contributed by atoms with Crippen molar-refractivity contribution >= 4 is 29.4 Å². The number of amides is 3. The lowest BCUT2D eigenvalue weighted by Gasteiger charge is -2.49. The van der Waals surface area contributed by atoms with Crippen LogP contribution in [-0.4, -0.2) is 114 Å². The first-order chi connectivity index (χ1) is 25.7. The molecule has 0 aromatic heterocycles. The van der Waals surface area contributed by atoms with Gasteiger partial charge in [0.05, 0.1) is 18.5 Å². The molecule has 6 N–H and O–H groups in total. The quantitative estimate of drug-likeness (QED) is 0.166. The Balaban J connectivity index is 0.967. The summed E-state index contributed by atoms with van der Waals surface area (Å²) in [6.45, 7) is 5.01. The van der Waals surface area contributed by atoms with Gasteiger partial charge in [0.25, 0.3) is 5.91 Å². The fourth-order valence-corrected chi connectivity index (χ4v) is 9.00. The predicted molar refractivity (Wildman–Crippen MR) is 202 cm³/mol. The van der Waals surface area contributed by atoms with Crippen LogP contribution in [0.5, 0.6) is 5.75 Å². The van der Waals surface area contributed by atoms with Gasteiger partial charge in [-0.1, -0.05) is 39.0 Å². The highest BCUT2D eigenvalue weighted by atomic mass is 16.5. The second kappa shape index (κ2) is 17.9. The topological polar surface area (TPSA) is 168 Å². The summed E-state index contributed by atoms with van der Waals surface area (Å²) in [6, 6.07) is 4.86. The number of hydrogen-bond acceptors (Lipinski definition) is 10. The van der Waals surface area contributed by atoms with Crippen molar-refractivity contribution in [1.29, 1.82) is 0 Å². The van der Waals surface area contributed by atoms with Crippen LogP contribution in [0.4, 0.5) is 5.69 Å². The Morgan fingerprint density at radius 1 is 1.02 bits per heavy atom. The van der Waals surface area contributed by atoms with Crippen LogP contribution in [0, 0.1) is 5.92 Å². The number of carbonyl (C=O) groups is 4. The maximum Gasteiger partial charge on any atom is 0.326 e. The molecule has 53 heavy (non-hydrogen) atoms. The summed E-state index contributed by atoms with van der Waals surface area (Å²) in [5.74, 6) is 0.463. The molecule has 3 atom stereocenters. The lowest BCUT2D eigenvalue weighted by molar-refractivity contribution is -0.144. The average Bonchev–Trinajstić information content (AvgIpc) is 3.71. The van der Waals surface area contributed by atoms with Gasteiger partial charge in [-0.3, -0.25) is 19.7 Å². The lowest BCUT2D eigenvalue weighted by Crippen LogP contribution is -2.65. The second-order valence-corrected chi connectivity index (χ2v) is 15.5. The smallest absolute Gasteiger partial charge is 0.326 e. The summed E-state index contributed by atoms with van der Waals surface area (Å²) in [4.78, 5) is 57.5. The summed E-state index contributed by atoms with van der Waals surface area (Å²) >= 11 is 0. The second-order valence-electron chi connectivity index (χ2n) is 15.5. The van der Waals surface area contributed by atoms with Gasteiger partial charge in [-0.05, 0) is 82.0 Å². The molecule has 1 unspecified atom stereocenters. The Hall–Kier alpha value is -4.04. The Morgan fingerprint density at radius 3 is 2.42 bits per heavy atom. The normalized spacial score (nSPS) is 24.0. The van der Waals surface area contributed by atoms with E-state index in [1.165, 1.54) is 12.8 Å². The SMILES string of the molecule is CC[C@@H]1C(=O)N(C)C2=C(NC(Nc3ccc(C(=O)NC4CCN(CCCC(=O)N[C@@H](C(=O)O)C5CCCCC5)CC4)cc3OC)NC2)N1C1CCCC1. The van der Waals surface area contributed by atoms with Crippen LogP contribution in [-0.2, 0) is 14.4 Å². The maximum absolute atomic E-state index is 13.3. The van der Waals surface area contributed by atoms with Crippen LogP contribution in [0.2, 0.25) is 0 Å². The molecule has 14 nitrogen and oxygen atoms in total. The number of carboxylic acids is 1. The molecule has 1 aromatic rings. The third kappa shape index (κ3) is 9.20. The number of aliphatic carboxylic acids is 1. The van der Waals surface area contributed by atoms with Gasteiger partial charge in [0.15, 0.2) is 6.29 Å². The summed E-state index contributed by atoms with van der Waals surface area (Å²) in [5, 5.41) is 26.3. The van der Waals surface area contributed by atoms with Gasteiger partial charge in [0.2, 0.25) is 11.8 Å². The predicted octanol–water partition coefficient (Wildman–Crippen LogP) is 3.37. The van der Waals surface area contributed by atoms with Gasteiger partial charge >= 0.3 is 5.97 Å². The molecule has 0 radical (unpaired) electrons. The highest BCUT2D eigenvalue weighted by Gasteiger charge is 2.43. The Labute approximate surface area is 313 Å². The number of likely N-dealkylation sites (tertiary alicyclic amines) is 1. The zero-order valence-electron chi connectivity index (χ0n) is 31.8. The van der Waals surface area contributed by atoms with E-state index < -0.39 is 12.0 Å². The first-order valence-electron chi connectivity index (χ1n) is 20.0.